The van der Waals surface area contributed by atoms with Gasteiger partial charge in [-0.15, -0.1) is 0 Å². The lowest BCUT2D eigenvalue weighted by Crippen LogP contribution is -2.41. The molecular weight excluding hydrogens is 216 g/mol. The molecule has 17 heavy (non-hydrogen) atoms. The van der Waals surface area contributed by atoms with Gasteiger partial charge in [0.25, 0.3) is 0 Å². The fourth-order valence-electron chi connectivity index (χ4n) is 2.32. The minimum atomic E-state index is -0.385. The molecule has 1 rings (SSSR count). The molecule has 1 aliphatic heterocycles. The number of piperidine rings is 1. The highest BCUT2D eigenvalue weighted by Gasteiger charge is 2.23. The Morgan fingerprint density at radius 3 is 2.76 bits per heavy atom. The third-order valence-corrected chi connectivity index (χ3v) is 2.95. The number of hydrogen-bond acceptors (Lipinski definition) is 4. The van der Waals surface area contributed by atoms with Gasteiger partial charge in [0.05, 0.1) is 6.54 Å². The van der Waals surface area contributed by atoms with Crippen molar-refractivity contribution < 1.29 is 9.53 Å². The van der Waals surface area contributed by atoms with E-state index in [2.05, 4.69) is 4.90 Å². The van der Waals surface area contributed by atoms with E-state index in [0.29, 0.717) is 12.5 Å². The SMILES string of the molecule is CC(C)(C)OC(=O)CN1CCCC(CCN)C1. The molecule has 0 bridgehead atoms. The predicted octanol–water partition coefficient (Wildman–Crippen LogP) is 1.39. The molecule has 0 aromatic carbocycles. The number of rotatable bonds is 4. The molecule has 4 nitrogen and oxygen atoms in total. The minimum Gasteiger partial charge on any atom is -0.459 e. The van der Waals surface area contributed by atoms with Crippen molar-refractivity contribution in [3.63, 3.8) is 0 Å². The Bertz CT molecular complexity index is 246. The quantitative estimate of drug-likeness (QED) is 0.757. The summed E-state index contributed by atoms with van der Waals surface area (Å²) in [6.07, 6.45) is 3.46. The van der Waals surface area contributed by atoms with E-state index in [0.717, 1.165) is 32.5 Å². The number of carbonyl (C=O) groups excluding carboxylic acids is 1. The van der Waals surface area contributed by atoms with Crippen LogP contribution in [0.15, 0.2) is 0 Å². The number of esters is 1. The second-order valence-electron chi connectivity index (χ2n) is 5.91. The molecule has 1 heterocycles. The zero-order valence-electron chi connectivity index (χ0n) is 11.4. The van der Waals surface area contributed by atoms with Crippen molar-refractivity contribution >= 4 is 5.97 Å². The van der Waals surface area contributed by atoms with E-state index in [1.54, 1.807) is 0 Å². The van der Waals surface area contributed by atoms with E-state index in [4.69, 9.17) is 10.5 Å². The van der Waals surface area contributed by atoms with Gasteiger partial charge in [0.1, 0.15) is 5.60 Å². The van der Waals surface area contributed by atoms with Gasteiger partial charge in [-0.25, -0.2) is 0 Å². The standard InChI is InChI=1S/C13H26N2O2/c1-13(2,3)17-12(16)10-15-8-4-5-11(9-15)6-7-14/h11H,4-10,14H2,1-3H3. The summed E-state index contributed by atoms with van der Waals surface area (Å²) in [6.45, 7) is 8.84. The van der Waals surface area contributed by atoms with Gasteiger partial charge in [-0.05, 0) is 59.0 Å². The van der Waals surface area contributed by atoms with Crippen LogP contribution in [-0.2, 0) is 9.53 Å². The van der Waals surface area contributed by atoms with Crippen LogP contribution in [0.2, 0.25) is 0 Å². The molecule has 1 aliphatic rings. The second kappa shape index (κ2) is 6.36. The first-order valence-electron chi connectivity index (χ1n) is 6.55. The molecule has 1 atom stereocenters. The summed E-state index contributed by atoms with van der Waals surface area (Å²) in [5, 5.41) is 0. The first-order chi connectivity index (χ1) is 7.90. The molecule has 1 fully saturated rings. The number of ether oxygens (including phenoxy) is 1. The zero-order valence-corrected chi connectivity index (χ0v) is 11.4. The van der Waals surface area contributed by atoms with Crippen molar-refractivity contribution in [3.8, 4) is 0 Å². The number of hydrogen-bond donors (Lipinski definition) is 1. The Labute approximate surface area is 104 Å². The van der Waals surface area contributed by atoms with Crippen LogP contribution >= 0.6 is 0 Å². The summed E-state index contributed by atoms with van der Waals surface area (Å²) in [7, 11) is 0. The Hall–Kier alpha value is -0.610. The normalized spacial score (nSPS) is 22.5. The van der Waals surface area contributed by atoms with Crippen LogP contribution in [0, 0.1) is 5.92 Å². The van der Waals surface area contributed by atoms with Crippen LogP contribution in [0.5, 0.6) is 0 Å². The summed E-state index contributed by atoms with van der Waals surface area (Å²) in [5.41, 5.74) is 5.19. The highest BCUT2D eigenvalue weighted by atomic mass is 16.6. The molecule has 0 aromatic rings. The lowest BCUT2D eigenvalue weighted by molar-refractivity contribution is -0.156. The van der Waals surface area contributed by atoms with E-state index in [1.165, 1.54) is 6.42 Å². The first-order valence-corrected chi connectivity index (χ1v) is 6.55. The number of nitrogens with zero attached hydrogens (tertiary/aromatic N) is 1. The molecule has 0 radical (unpaired) electrons. The highest BCUT2D eigenvalue weighted by molar-refractivity contribution is 5.72. The molecule has 1 saturated heterocycles. The van der Waals surface area contributed by atoms with Gasteiger partial charge in [-0.1, -0.05) is 0 Å². The summed E-state index contributed by atoms with van der Waals surface area (Å²) in [6, 6.07) is 0. The van der Waals surface area contributed by atoms with Crippen LogP contribution in [0.25, 0.3) is 0 Å². The molecular formula is C13H26N2O2. The Morgan fingerprint density at radius 2 is 2.18 bits per heavy atom. The van der Waals surface area contributed by atoms with Crippen LogP contribution in [0.1, 0.15) is 40.0 Å². The lowest BCUT2D eigenvalue weighted by atomic mass is 9.95. The van der Waals surface area contributed by atoms with Crippen molar-refractivity contribution in [2.45, 2.75) is 45.6 Å². The van der Waals surface area contributed by atoms with Gasteiger partial charge in [-0.3, -0.25) is 9.69 Å². The van der Waals surface area contributed by atoms with Gasteiger partial charge in [0.2, 0.25) is 0 Å². The molecule has 0 saturated carbocycles. The van der Waals surface area contributed by atoms with Crippen molar-refractivity contribution in [2.75, 3.05) is 26.2 Å². The summed E-state index contributed by atoms with van der Waals surface area (Å²) < 4.78 is 5.33. The van der Waals surface area contributed by atoms with E-state index >= 15 is 0 Å². The van der Waals surface area contributed by atoms with E-state index < -0.39 is 0 Å². The third-order valence-electron chi connectivity index (χ3n) is 2.95. The van der Waals surface area contributed by atoms with Crippen molar-refractivity contribution in [1.29, 1.82) is 0 Å². The van der Waals surface area contributed by atoms with Gasteiger partial charge in [-0.2, -0.15) is 0 Å². The highest BCUT2D eigenvalue weighted by Crippen LogP contribution is 2.19. The van der Waals surface area contributed by atoms with Gasteiger partial charge < -0.3 is 10.5 Å². The average molecular weight is 242 g/mol. The molecule has 0 amide bonds. The monoisotopic (exact) mass is 242 g/mol. The van der Waals surface area contributed by atoms with Gasteiger partial charge in [0.15, 0.2) is 0 Å². The molecule has 4 heteroatoms. The van der Waals surface area contributed by atoms with Crippen LogP contribution in [-0.4, -0.2) is 42.6 Å². The molecule has 0 spiro atoms. The summed E-state index contributed by atoms with van der Waals surface area (Å²) in [4.78, 5) is 13.9. The Balaban J connectivity index is 2.33. The number of likely N-dealkylation sites (tertiary alicyclic amines) is 1. The third kappa shape index (κ3) is 6.03. The maximum atomic E-state index is 11.7. The van der Waals surface area contributed by atoms with E-state index in [1.807, 2.05) is 20.8 Å². The molecule has 2 N–H and O–H groups in total. The predicted molar refractivity (Wildman–Crippen MR) is 68.7 cm³/mol. The summed E-state index contributed by atoms with van der Waals surface area (Å²) in [5.74, 6) is 0.530. The van der Waals surface area contributed by atoms with E-state index in [9.17, 15) is 4.79 Å². The smallest absolute Gasteiger partial charge is 0.320 e. The maximum Gasteiger partial charge on any atom is 0.320 e. The van der Waals surface area contributed by atoms with Crippen molar-refractivity contribution in [2.24, 2.45) is 11.7 Å². The van der Waals surface area contributed by atoms with Crippen molar-refractivity contribution in [1.82, 2.24) is 4.90 Å². The van der Waals surface area contributed by atoms with Gasteiger partial charge in [0, 0.05) is 6.54 Å². The molecule has 0 aromatic heterocycles. The molecule has 100 valence electrons. The number of carbonyl (C=O) groups is 1. The molecule has 1 unspecified atom stereocenters. The van der Waals surface area contributed by atoms with Crippen molar-refractivity contribution in [3.05, 3.63) is 0 Å². The largest absolute Gasteiger partial charge is 0.459 e. The second-order valence-corrected chi connectivity index (χ2v) is 5.91. The van der Waals surface area contributed by atoms with Crippen LogP contribution in [0.4, 0.5) is 0 Å². The fourth-order valence-corrected chi connectivity index (χ4v) is 2.32. The summed E-state index contributed by atoms with van der Waals surface area (Å²) >= 11 is 0. The van der Waals surface area contributed by atoms with E-state index in [-0.39, 0.29) is 11.6 Å². The van der Waals surface area contributed by atoms with Crippen LogP contribution in [0.3, 0.4) is 0 Å². The Morgan fingerprint density at radius 1 is 1.47 bits per heavy atom. The topological polar surface area (TPSA) is 55.6 Å². The number of nitrogens with two attached hydrogens (primary N) is 1. The average Bonchev–Trinajstić information content (AvgIpc) is 2.15. The first kappa shape index (κ1) is 14.5. The minimum absolute atomic E-state index is 0.120. The zero-order chi connectivity index (χ0) is 12.9. The Kier molecular flexibility index (Phi) is 5.40. The molecule has 0 aliphatic carbocycles. The fraction of sp³-hybridized carbons (Fsp3) is 0.923. The maximum absolute atomic E-state index is 11.7. The van der Waals surface area contributed by atoms with Crippen LogP contribution < -0.4 is 5.73 Å². The van der Waals surface area contributed by atoms with Gasteiger partial charge >= 0.3 is 5.97 Å². The lowest BCUT2D eigenvalue weighted by Gasteiger charge is -2.32.